The molecule has 0 N–H and O–H groups in total. The fourth-order valence-corrected chi connectivity index (χ4v) is 2.12. The number of fused-ring (bicyclic) bond motifs is 3. The molecule has 1 nitrogen and oxygen atoms in total. The molecule has 0 bridgehead atoms. The first-order chi connectivity index (χ1) is 6.95. The van der Waals surface area contributed by atoms with Crippen molar-refractivity contribution >= 4 is 0 Å². The van der Waals surface area contributed by atoms with E-state index >= 15 is 0 Å². The predicted octanol–water partition coefficient (Wildman–Crippen LogP) is 2.85. The van der Waals surface area contributed by atoms with Gasteiger partial charge in [0.1, 0.15) is 0 Å². The van der Waals surface area contributed by atoms with E-state index in [1.807, 2.05) is 12.3 Å². The Morgan fingerprint density at radius 2 is 1.64 bits per heavy atom. The number of aromatic nitrogens is 1. The van der Waals surface area contributed by atoms with Crippen molar-refractivity contribution in [3.05, 3.63) is 53.7 Å². The summed E-state index contributed by atoms with van der Waals surface area (Å²) in [6.45, 7) is 0. The third-order valence-electron chi connectivity index (χ3n) is 2.83. The van der Waals surface area contributed by atoms with Crippen LogP contribution < -0.4 is 0 Å². The lowest BCUT2D eigenvalue weighted by atomic mass is 9.89. The van der Waals surface area contributed by atoms with Crippen LogP contribution in [0, 0.1) is 0 Å². The number of hydrogen-bond acceptors (Lipinski definition) is 1. The summed E-state index contributed by atoms with van der Waals surface area (Å²) in [6.07, 6.45) is 4.15. The van der Waals surface area contributed by atoms with E-state index in [-0.39, 0.29) is 0 Å². The fourth-order valence-electron chi connectivity index (χ4n) is 2.12. The molecule has 0 saturated heterocycles. The second-order valence-electron chi connectivity index (χ2n) is 3.67. The molecule has 0 atom stereocenters. The standard InChI is InChI=1S/C13H11N/c1-2-6-12-10(4-1)7-8-11-5-3-9-14-13(11)12/h1-6,9H,7-8H2. The highest BCUT2D eigenvalue weighted by molar-refractivity contribution is 5.69. The first kappa shape index (κ1) is 7.74. The summed E-state index contributed by atoms with van der Waals surface area (Å²) >= 11 is 0. The van der Waals surface area contributed by atoms with Crippen molar-refractivity contribution in [2.45, 2.75) is 12.8 Å². The average Bonchev–Trinajstić information content (AvgIpc) is 2.29. The molecule has 68 valence electrons. The van der Waals surface area contributed by atoms with Crippen molar-refractivity contribution in [1.82, 2.24) is 4.98 Å². The number of hydrogen-bond donors (Lipinski definition) is 0. The van der Waals surface area contributed by atoms with Gasteiger partial charge >= 0.3 is 0 Å². The van der Waals surface area contributed by atoms with Crippen LogP contribution in [0.25, 0.3) is 11.3 Å². The van der Waals surface area contributed by atoms with Crippen LogP contribution in [0.1, 0.15) is 11.1 Å². The van der Waals surface area contributed by atoms with Gasteiger partial charge in [-0.2, -0.15) is 0 Å². The fraction of sp³-hybridized carbons (Fsp3) is 0.154. The van der Waals surface area contributed by atoms with Crippen LogP contribution in [-0.2, 0) is 12.8 Å². The molecule has 1 aliphatic rings. The van der Waals surface area contributed by atoms with E-state index in [4.69, 9.17) is 0 Å². The van der Waals surface area contributed by atoms with Crippen LogP contribution in [-0.4, -0.2) is 4.98 Å². The van der Waals surface area contributed by atoms with Gasteiger partial charge in [0.15, 0.2) is 0 Å². The Kier molecular flexibility index (Phi) is 1.63. The van der Waals surface area contributed by atoms with Crippen LogP contribution in [0.3, 0.4) is 0 Å². The number of pyridine rings is 1. The molecule has 1 heterocycles. The molecular formula is C13H11N. The molecule has 1 aromatic heterocycles. The zero-order valence-electron chi connectivity index (χ0n) is 7.90. The molecule has 14 heavy (non-hydrogen) atoms. The average molecular weight is 181 g/mol. The van der Waals surface area contributed by atoms with Gasteiger partial charge in [-0.15, -0.1) is 0 Å². The van der Waals surface area contributed by atoms with Gasteiger partial charge in [-0.1, -0.05) is 30.3 Å². The van der Waals surface area contributed by atoms with Gasteiger partial charge in [-0.3, -0.25) is 4.98 Å². The van der Waals surface area contributed by atoms with Crippen molar-refractivity contribution < 1.29 is 0 Å². The molecule has 0 saturated carbocycles. The largest absolute Gasteiger partial charge is 0.256 e. The van der Waals surface area contributed by atoms with E-state index in [9.17, 15) is 0 Å². The molecule has 0 unspecified atom stereocenters. The summed E-state index contributed by atoms with van der Waals surface area (Å²) in [7, 11) is 0. The van der Waals surface area contributed by atoms with Gasteiger partial charge in [0, 0.05) is 11.8 Å². The molecule has 0 amide bonds. The van der Waals surface area contributed by atoms with E-state index in [0.717, 1.165) is 12.8 Å². The van der Waals surface area contributed by atoms with Crippen molar-refractivity contribution in [3.8, 4) is 11.3 Å². The lowest BCUT2D eigenvalue weighted by Crippen LogP contribution is -2.04. The van der Waals surface area contributed by atoms with Gasteiger partial charge in [0.25, 0.3) is 0 Å². The van der Waals surface area contributed by atoms with Gasteiger partial charge in [-0.25, -0.2) is 0 Å². The lowest BCUT2D eigenvalue weighted by molar-refractivity contribution is 0.927. The first-order valence-corrected chi connectivity index (χ1v) is 4.97. The molecular weight excluding hydrogens is 170 g/mol. The maximum absolute atomic E-state index is 4.46. The van der Waals surface area contributed by atoms with Gasteiger partial charge < -0.3 is 0 Å². The van der Waals surface area contributed by atoms with E-state index in [0.29, 0.717) is 0 Å². The zero-order valence-corrected chi connectivity index (χ0v) is 7.90. The van der Waals surface area contributed by atoms with Crippen molar-refractivity contribution in [2.24, 2.45) is 0 Å². The Labute approximate surface area is 83.4 Å². The zero-order chi connectivity index (χ0) is 9.38. The Balaban J connectivity index is 2.29. The van der Waals surface area contributed by atoms with Crippen molar-refractivity contribution in [2.75, 3.05) is 0 Å². The number of rotatable bonds is 0. The van der Waals surface area contributed by atoms with Crippen LogP contribution in [0.15, 0.2) is 42.6 Å². The summed E-state index contributed by atoms with van der Waals surface area (Å²) in [5.74, 6) is 0. The highest BCUT2D eigenvalue weighted by Gasteiger charge is 2.15. The maximum atomic E-state index is 4.46. The first-order valence-electron chi connectivity index (χ1n) is 4.97. The number of benzene rings is 1. The predicted molar refractivity (Wildman–Crippen MR) is 57.1 cm³/mol. The molecule has 0 fully saturated rings. The minimum absolute atomic E-state index is 1.13. The Morgan fingerprint density at radius 1 is 0.857 bits per heavy atom. The summed E-state index contributed by atoms with van der Waals surface area (Å²) in [4.78, 5) is 4.46. The van der Waals surface area contributed by atoms with Crippen LogP contribution in [0.4, 0.5) is 0 Å². The third kappa shape index (κ3) is 1.06. The van der Waals surface area contributed by atoms with E-state index in [2.05, 4.69) is 35.3 Å². The molecule has 1 aliphatic carbocycles. The monoisotopic (exact) mass is 181 g/mol. The number of aryl methyl sites for hydroxylation is 2. The summed E-state index contributed by atoms with van der Waals surface area (Å²) in [5.41, 5.74) is 5.30. The van der Waals surface area contributed by atoms with Gasteiger partial charge in [0.2, 0.25) is 0 Å². The molecule has 3 rings (SSSR count). The van der Waals surface area contributed by atoms with E-state index < -0.39 is 0 Å². The van der Waals surface area contributed by atoms with E-state index in [1.165, 1.54) is 22.4 Å². The Morgan fingerprint density at radius 3 is 2.64 bits per heavy atom. The Hall–Kier alpha value is -1.63. The highest BCUT2D eigenvalue weighted by Crippen LogP contribution is 2.30. The summed E-state index contributed by atoms with van der Waals surface area (Å²) in [6, 6.07) is 12.8. The summed E-state index contributed by atoms with van der Waals surface area (Å²) in [5, 5.41) is 0. The molecule has 0 spiro atoms. The molecule has 1 aromatic carbocycles. The normalized spacial score (nSPS) is 13.1. The van der Waals surface area contributed by atoms with Crippen LogP contribution >= 0.6 is 0 Å². The molecule has 0 radical (unpaired) electrons. The van der Waals surface area contributed by atoms with Crippen molar-refractivity contribution in [1.29, 1.82) is 0 Å². The van der Waals surface area contributed by atoms with Crippen molar-refractivity contribution in [3.63, 3.8) is 0 Å². The second kappa shape index (κ2) is 2.95. The minimum atomic E-state index is 1.13. The lowest BCUT2D eigenvalue weighted by Gasteiger charge is -2.17. The topological polar surface area (TPSA) is 12.9 Å². The molecule has 1 heteroatoms. The second-order valence-corrected chi connectivity index (χ2v) is 3.67. The quantitative estimate of drug-likeness (QED) is 0.609. The van der Waals surface area contributed by atoms with Gasteiger partial charge in [0.05, 0.1) is 5.69 Å². The van der Waals surface area contributed by atoms with E-state index in [1.54, 1.807) is 0 Å². The van der Waals surface area contributed by atoms with Crippen LogP contribution in [0.2, 0.25) is 0 Å². The number of nitrogens with zero attached hydrogens (tertiary/aromatic N) is 1. The maximum Gasteiger partial charge on any atom is 0.0736 e. The molecule has 0 aliphatic heterocycles. The van der Waals surface area contributed by atoms with Gasteiger partial charge in [-0.05, 0) is 30.0 Å². The highest BCUT2D eigenvalue weighted by atomic mass is 14.7. The molecule has 2 aromatic rings. The SMILES string of the molecule is c1ccc2c(c1)CCc1cccnc1-2. The Bertz CT molecular complexity index is 429. The van der Waals surface area contributed by atoms with Crippen LogP contribution in [0.5, 0.6) is 0 Å². The third-order valence-corrected chi connectivity index (χ3v) is 2.83. The summed E-state index contributed by atoms with van der Waals surface area (Å²) < 4.78 is 0. The minimum Gasteiger partial charge on any atom is -0.256 e. The smallest absolute Gasteiger partial charge is 0.0736 e.